The quantitative estimate of drug-likeness (QED) is 0.335. The summed E-state index contributed by atoms with van der Waals surface area (Å²) in [6, 6.07) is 0. The highest BCUT2D eigenvalue weighted by molar-refractivity contribution is 5.64. The molecule has 0 amide bonds. The van der Waals surface area contributed by atoms with Gasteiger partial charge in [-0.3, -0.25) is 4.79 Å². The number of allylic oxidation sites excluding steroid dienone is 4. The second-order valence-corrected chi connectivity index (χ2v) is 12.1. The Balaban J connectivity index is 1.74. The van der Waals surface area contributed by atoms with E-state index in [2.05, 4.69) is 47.6 Å². The van der Waals surface area contributed by atoms with E-state index in [0.717, 1.165) is 19.1 Å². The van der Waals surface area contributed by atoms with Gasteiger partial charge in [0.25, 0.3) is 0 Å². The van der Waals surface area contributed by atoms with Crippen LogP contribution in [0.15, 0.2) is 23.3 Å². The molecule has 4 aliphatic carbocycles. The topological polar surface area (TPSA) is 37.3 Å². The van der Waals surface area contributed by atoms with E-state index in [4.69, 9.17) is 0 Å². The summed E-state index contributed by atoms with van der Waals surface area (Å²) in [5.41, 5.74) is 4.48. The fraction of sp³-hybridized carbons (Fsp3) is 0.815. The number of hydrogen-bond donors (Lipinski definition) is 1. The van der Waals surface area contributed by atoms with E-state index in [0.29, 0.717) is 28.6 Å². The zero-order valence-corrected chi connectivity index (χ0v) is 19.6. The molecule has 0 spiro atoms. The molecule has 0 aromatic carbocycles. The van der Waals surface area contributed by atoms with Gasteiger partial charge in [0.1, 0.15) is 6.29 Å². The minimum atomic E-state index is -0.159. The number of rotatable bonds is 3. The highest BCUT2D eigenvalue weighted by atomic mass is 16.3. The molecule has 7 atom stereocenters. The standard InChI is InChI=1S/C27H42O2/c1-18(8-7-17-28)19-11-15-27(6)21-9-10-22-24(2,3)23(29)13-14-25(22,4)20(21)12-16-26(19,27)5/h7-8,17-19,22-23,29H,9-16H2,1-6H3/b8-7+/t18-,19-,22+,23+,25-,26-,27+/m1/s1. The molecule has 4 rings (SSSR count). The average molecular weight is 399 g/mol. The number of aldehydes is 1. The lowest BCUT2D eigenvalue weighted by Crippen LogP contribution is -2.55. The Kier molecular flexibility index (Phi) is 5.01. The molecule has 0 heterocycles. The molecule has 2 saturated carbocycles. The zero-order chi connectivity index (χ0) is 21.2. The summed E-state index contributed by atoms with van der Waals surface area (Å²) in [5.74, 6) is 1.72. The third-order valence-corrected chi connectivity index (χ3v) is 10.9. The van der Waals surface area contributed by atoms with Gasteiger partial charge in [0.05, 0.1) is 6.10 Å². The van der Waals surface area contributed by atoms with E-state index in [1.54, 1.807) is 17.2 Å². The second kappa shape index (κ2) is 6.81. The lowest BCUT2D eigenvalue weighted by atomic mass is 9.43. The molecule has 0 aliphatic heterocycles. The van der Waals surface area contributed by atoms with Gasteiger partial charge >= 0.3 is 0 Å². The molecule has 0 unspecified atom stereocenters. The van der Waals surface area contributed by atoms with Gasteiger partial charge in [-0.2, -0.15) is 0 Å². The molecule has 0 bridgehead atoms. The molecule has 0 aromatic heterocycles. The van der Waals surface area contributed by atoms with E-state index in [1.807, 2.05) is 0 Å². The Bertz CT molecular complexity index is 746. The summed E-state index contributed by atoms with van der Waals surface area (Å²) in [6.07, 6.45) is 14.2. The van der Waals surface area contributed by atoms with Crippen LogP contribution < -0.4 is 0 Å². The van der Waals surface area contributed by atoms with E-state index in [-0.39, 0.29) is 16.9 Å². The molecule has 0 aromatic rings. The third kappa shape index (κ3) is 2.73. The summed E-state index contributed by atoms with van der Waals surface area (Å²) in [6.45, 7) is 14.6. The molecule has 1 N–H and O–H groups in total. The van der Waals surface area contributed by atoms with Crippen molar-refractivity contribution in [3.8, 4) is 0 Å². The first kappa shape index (κ1) is 21.3. The van der Waals surface area contributed by atoms with Crippen molar-refractivity contribution in [3.63, 3.8) is 0 Å². The fourth-order valence-corrected chi connectivity index (χ4v) is 8.91. The molecular weight excluding hydrogens is 356 g/mol. The van der Waals surface area contributed by atoms with Gasteiger partial charge in [-0.05, 0) is 96.9 Å². The van der Waals surface area contributed by atoms with Crippen LogP contribution in [0.2, 0.25) is 0 Å². The van der Waals surface area contributed by atoms with Gasteiger partial charge in [0.2, 0.25) is 0 Å². The van der Waals surface area contributed by atoms with Crippen LogP contribution in [0.1, 0.15) is 92.9 Å². The molecule has 0 saturated heterocycles. The zero-order valence-electron chi connectivity index (χ0n) is 19.6. The Hall–Kier alpha value is -0.890. The number of carbonyl (C=O) groups is 1. The van der Waals surface area contributed by atoms with Crippen molar-refractivity contribution >= 4 is 6.29 Å². The van der Waals surface area contributed by atoms with Crippen molar-refractivity contribution in [2.45, 2.75) is 99.0 Å². The van der Waals surface area contributed by atoms with Crippen LogP contribution in [0, 0.1) is 39.4 Å². The fourth-order valence-electron chi connectivity index (χ4n) is 8.91. The molecule has 0 radical (unpaired) electrons. The lowest BCUT2D eigenvalue weighted by molar-refractivity contribution is -0.104. The normalized spacial score (nSPS) is 47.5. The van der Waals surface area contributed by atoms with Crippen LogP contribution in [0.4, 0.5) is 0 Å². The van der Waals surface area contributed by atoms with Gasteiger partial charge in [-0.25, -0.2) is 0 Å². The van der Waals surface area contributed by atoms with Crippen LogP contribution in [0.5, 0.6) is 0 Å². The van der Waals surface area contributed by atoms with E-state index in [9.17, 15) is 9.90 Å². The average Bonchev–Trinajstić information content (AvgIpc) is 2.95. The predicted octanol–water partition coefficient (Wildman–Crippen LogP) is 6.49. The first-order valence-electron chi connectivity index (χ1n) is 12.1. The highest BCUT2D eigenvalue weighted by Gasteiger charge is 2.63. The molecule has 2 fully saturated rings. The first-order valence-corrected chi connectivity index (χ1v) is 12.1. The molecule has 29 heavy (non-hydrogen) atoms. The molecular formula is C27H42O2. The smallest absolute Gasteiger partial charge is 0.142 e. The van der Waals surface area contributed by atoms with Crippen LogP contribution >= 0.6 is 0 Å². The Labute approximate surface area is 178 Å². The maximum Gasteiger partial charge on any atom is 0.142 e. The van der Waals surface area contributed by atoms with Crippen LogP contribution in [-0.4, -0.2) is 17.5 Å². The predicted molar refractivity (Wildman–Crippen MR) is 119 cm³/mol. The number of fused-ring (bicyclic) bond motifs is 4. The van der Waals surface area contributed by atoms with Gasteiger partial charge < -0.3 is 5.11 Å². The van der Waals surface area contributed by atoms with E-state index >= 15 is 0 Å². The number of carbonyl (C=O) groups excluding carboxylic acids is 1. The van der Waals surface area contributed by atoms with Crippen LogP contribution in [0.3, 0.4) is 0 Å². The Morgan fingerprint density at radius 1 is 0.966 bits per heavy atom. The van der Waals surface area contributed by atoms with Gasteiger partial charge in [-0.15, -0.1) is 0 Å². The van der Waals surface area contributed by atoms with E-state index in [1.165, 1.54) is 38.5 Å². The largest absolute Gasteiger partial charge is 0.393 e. The van der Waals surface area contributed by atoms with Gasteiger partial charge in [0, 0.05) is 0 Å². The lowest BCUT2D eigenvalue weighted by Gasteiger charge is -2.62. The SMILES string of the molecule is C[C@H](/C=C/C=O)[C@H]1CC[C@@]2(C)C3=C(CC[C@]12C)[C@@]1(C)CC[C@H](O)C(C)(C)[C@@H]1CC3. The molecule has 2 heteroatoms. The van der Waals surface area contributed by atoms with Crippen molar-refractivity contribution in [1.29, 1.82) is 0 Å². The number of aliphatic hydroxyl groups excluding tert-OH is 1. The van der Waals surface area contributed by atoms with Crippen molar-refractivity contribution in [2.75, 3.05) is 0 Å². The molecule has 2 nitrogen and oxygen atoms in total. The van der Waals surface area contributed by atoms with Crippen molar-refractivity contribution < 1.29 is 9.90 Å². The third-order valence-electron chi connectivity index (χ3n) is 10.9. The molecule has 4 aliphatic rings. The van der Waals surface area contributed by atoms with Crippen LogP contribution in [0.25, 0.3) is 0 Å². The highest BCUT2D eigenvalue weighted by Crippen LogP contribution is 2.72. The van der Waals surface area contributed by atoms with Crippen molar-refractivity contribution in [1.82, 2.24) is 0 Å². The minimum Gasteiger partial charge on any atom is -0.393 e. The monoisotopic (exact) mass is 398 g/mol. The maximum absolute atomic E-state index is 10.9. The van der Waals surface area contributed by atoms with Crippen LogP contribution in [-0.2, 0) is 4.79 Å². The first-order chi connectivity index (χ1) is 13.5. The minimum absolute atomic E-state index is 0.0134. The van der Waals surface area contributed by atoms with Crippen molar-refractivity contribution in [3.05, 3.63) is 23.3 Å². The number of aliphatic hydroxyl groups is 1. The maximum atomic E-state index is 10.9. The summed E-state index contributed by atoms with van der Waals surface area (Å²) >= 11 is 0. The van der Waals surface area contributed by atoms with Gasteiger partial charge in [-0.1, -0.05) is 58.8 Å². The Morgan fingerprint density at radius 2 is 1.69 bits per heavy atom. The Morgan fingerprint density at radius 3 is 2.38 bits per heavy atom. The van der Waals surface area contributed by atoms with E-state index < -0.39 is 0 Å². The summed E-state index contributed by atoms with van der Waals surface area (Å²) in [5, 5.41) is 10.7. The summed E-state index contributed by atoms with van der Waals surface area (Å²) in [4.78, 5) is 10.9. The van der Waals surface area contributed by atoms with Crippen molar-refractivity contribution in [2.24, 2.45) is 39.4 Å². The molecule has 162 valence electrons. The van der Waals surface area contributed by atoms with Gasteiger partial charge in [0.15, 0.2) is 0 Å². The summed E-state index contributed by atoms with van der Waals surface area (Å²) in [7, 11) is 0. The summed E-state index contributed by atoms with van der Waals surface area (Å²) < 4.78 is 0. The second-order valence-electron chi connectivity index (χ2n) is 12.1. The number of hydrogen-bond acceptors (Lipinski definition) is 2.